The third-order valence-electron chi connectivity index (χ3n) is 4.94. The number of urea groups is 1. The number of rotatable bonds is 3. The van der Waals surface area contributed by atoms with Crippen molar-refractivity contribution >= 4 is 23.6 Å². The Morgan fingerprint density at radius 1 is 1.20 bits per heavy atom. The molecule has 5 nitrogen and oxygen atoms in total. The average Bonchev–Trinajstić information content (AvgIpc) is 2.56. The molecule has 0 aromatic heterocycles. The lowest BCUT2D eigenvalue weighted by molar-refractivity contribution is -0.146. The molecule has 134 valence electrons. The van der Waals surface area contributed by atoms with E-state index < -0.39 is 12.0 Å². The zero-order chi connectivity index (χ0) is 18.0. The molecule has 1 aromatic rings. The van der Waals surface area contributed by atoms with Crippen LogP contribution in [0.1, 0.15) is 51.1 Å². The van der Waals surface area contributed by atoms with Gasteiger partial charge in [0.05, 0.1) is 11.6 Å². The molecule has 3 rings (SSSR count). The van der Waals surface area contributed by atoms with Crippen molar-refractivity contribution in [2.24, 2.45) is 5.92 Å². The lowest BCUT2D eigenvalue weighted by atomic mass is 9.89. The van der Waals surface area contributed by atoms with E-state index in [1.807, 2.05) is 12.1 Å². The molecular formula is C19H23ClN2O3. The van der Waals surface area contributed by atoms with Gasteiger partial charge in [0, 0.05) is 10.7 Å². The summed E-state index contributed by atoms with van der Waals surface area (Å²) in [5.74, 6) is 0.289. The standard InChI is InChI=1S/C19H23ClN2O3/c1-11-7-9-13(10-8-11)25-18(23)16-12(2)21-19(24)22-17(16)14-5-3-4-6-15(14)20/h3-6,11,13,17H,7-10H2,1-2H3,(H2,21,22,24)/t11?,13?,17-/m1/s1. The molecule has 1 saturated carbocycles. The van der Waals surface area contributed by atoms with E-state index in [4.69, 9.17) is 16.3 Å². The summed E-state index contributed by atoms with van der Waals surface area (Å²) in [6.45, 7) is 3.93. The molecule has 2 N–H and O–H groups in total. The third kappa shape index (κ3) is 3.98. The van der Waals surface area contributed by atoms with Gasteiger partial charge in [0.15, 0.2) is 0 Å². The topological polar surface area (TPSA) is 67.4 Å². The van der Waals surface area contributed by atoms with Crippen LogP contribution in [-0.4, -0.2) is 18.1 Å². The summed E-state index contributed by atoms with van der Waals surface area (Å²) in [6, 6.07) is 6.22. The van der Waals surface area contributed by atoms with Crippen molar-refractivity contribution in [2.45, 2.75) is 51.7 Å². The molecular weight excluding hydrogens is 340 g/mol. The van der Waals surface area contributed by atoms with Crippen LogP contribution in [-0.2, 0) is 9.53 Å². The first-order valence-electron chi connectivity index (χ1n) is 8.69. The lowest BCUT2D eigenvalue weighted by Crippen LogP contribution is -2.45. The SMILES string of the molecule is CC1=C(C(=O)OC2CCC(C)CC2)[C@@H](c2ccccc2Cl)NC(=O)N1. The maximum atomic E-state index is 12.8. The highest BCUT2D eigenvalue weighted by molar-refractivity contribution is 6.31. The summed E-state index contributed by atoms with van der Waals surface area (Å²) in [6.07, 6.45) is 3.84. The van der Waals surface area contributed by atoms with Crippen molar-refractivity contribution in [3.05, 3.63) is 46.1 Å². The number of benzene rings is 1. The zero-order valence-corrected chi connectivity index (χ0v) is 15.2. The number of carbonyl (C=O) groups excluding carboxylic acids is 2. The van der Waals surface area contributed by atoms with E-state index in [1.165, 1.54) is 0 Å². The largest absolute Gasteiger partial charge is 0.459 e. The summed E-state index contributed by atoms with van der Waals surface area (Å²) >= 11 is 6.28. The molecule has 1 heterocycles. The number of nitrogens with one attached hydrogen (secondary N) is 2. The van der Waals surface area contributed by atoms with Gasteiger partial charge >= 0.3 is 12.0 Å². The first-order valence-corrected chi connectivity index (χ1v) is 9.07. The second-order valence-electron chi connectivity index (χ2n) is 6.88. The number of esters is 1. The first-order chi connectivity index (χ1) is 12.0. The molecule has 2 aliphatic rings. The number of hydrogen-bond acceptors (Lipinski definition) is 3. The number of hydrogen-bond donors (Lipinski definition) is 2. The Bertz CT molecular complexity index is 708. The Hall–Kier alpha value is -2.01. The zero-order valence-electron chi connectivity index (χ0n) is 14.5. The molecule has 1 aliphatic carbocycles. The minimum absolute atomic E-state index is 0.0616. The van der Waals surface area contributed by atoms with Crippen LogP contribution in [0.3, 0.4) is 0 Å². The molecule has 1 aromatic carbocycles. The van der Waals surface area contributed by atoms with Gasteiger partial charge in [-0.25, -0.2) is 9.59 Å². The van der Waals surface area contributed by atoms with Crippen molar-refractivity contribution in [3.63, 3.8) is 0 Å². The van der Waals surface area contributed by atoms with E-state index in [0.29, 0.717) is 27.8 Å². The van der Waals surface area contributed by atoms with E-state index in [0.717, 1.165) is 25.7 Å². The molecule has 1 atom stereocenters. The molecule has 0 saturated heterocycles. The van der Waals surface area contributed by atoms with Crippen LogP contribution in [0, 0.1) is 5.92 Å². The summed E-state index contributed by atoms with van der Waals surface area (Å²) in [4.78, 5) is 24.8. The maximum Gasteiger partial charge on any atom is 0.338 e. The van der Waals surface area contributed by atoms with Gasteiger partial charge in [-0.1, -0.05) is 36.7 Å². The van der Waals surface area contributed by atoms with Gasteiger partial charge < -0.3 is 15.4 Å². The number of amides is 2. The fraction of sp³-hybridized carbons (Fsp3) is 0.474. The molecule has 1 aliphatic heterocycles. The van der Waals surface area contributed by atoms with Gasteiger partial charge in [-0.2, -0.15) is 0 Å². The average molecular weight is 363 g/mol. The lowest BCUT2D eigenvalue weighted by Gasteiger charge is -2.31. The van der Waals surface area contributed by atoms with Gasteiger partial charge in [0.1, 0.15) is 6.10 Å². The van der Waals surface area contributed by atoms with Gasteiger partial charge in [-0.05, 0) is 50.2 Å². The Kier molecular flexibility index (Phi) is 5.33. The van der Waals surface area contributed by atoms with Crippen molar-refractivity contribution in [1.29, 1.82) is 0 Å². The predicted molar refractivity (Wildman–Crippen MR) is 96.1 cm³/mol. The van der Waals surface area contributed by atoms with E-state index in [2.05, 4.69) is 17.6 Å². The predicted octanol–water partition coefficient (Wildman–Crippen LogP) is 4.09. The van der Waals surface area contributed by atoms with E-state index in [-0.39, 0.29) is 12.1 Å². The fourth-order valence-corrected chi connectivity index (χ4v) is 3.71. The first kappa shape index (κ1) is 17.8. The van der Waals surface area contributed by atoms with E-state index in [1.54, 1.807) is 19.1 Å². The third-order valence-corrected chi connectivity index (χ3v) is 5.29. The molecule has 6 heteroatoms. The second-order valence-corrected chi connectivity index (χ2v) is 7.29. The molecule has 0 radical (unpaired) electrons. The van der Waals surface area contributed by atoms with Crippen molar-refractivity contribution in [3.8, 4) is 0 Å². The van der Waals surface area contributed by atoms with Crippen molar-refractivity contribution < 1.29 is 14.3 Å². The van der Waals surface area contributed by atoms with Gasteiger partial charge in [0.25, 0.3) is 0 Å². The molecule has 0 spiro atoms. The summed E-state index contributed by atoms with van der Waals surface area (Å²) in [7, 11) is 0. The van der Waals surface area contributed by atoms with Crippen LogP contribution >= 0.6 is 11.6 Å². The molecule has 2 amide bonds. The number of halogens is 1. The highest BCUT2D eigenvalue weighted by atomic mass is 35.5. The van der Waals surface area contributed by atoms with Crippen LogP contribution in [0.4, 0.5) is 4.79 Å². The number of ether oxygens (including phenoxy) is 1. The van der Waals surface area contributed by atoms with Gasteiger partial charge in [-0.3, -0.25) is 0 Å². The van der Waals surface area contributed by atoms with Crippen LogP contribution in [0.25, 0.3) is 0 Å². The highest BCUT2D eigenvalue weighted by Crippen LogP contribution is 2.33. The molecule has 25 heavy (non-hydrogen) atoms. The Morgan fingerprint density at radius 3 is 2.56 bits per heavy atom. The van der Waals surface area contributed by atoms with Crippen LogP contribution in [0.15, 0.2) is 35.5 Å². The molecule has 1 fully saturated rings. The summed E-state index contributed by atoms with van der Waals surface area (Å²) in [5.41, 5.74) is 1.59. The molecule has 0 bridgehead atoms. The maximum absolute atomic E-state index is 12.8. The smallest absolute Gasteiger partial charge is 0.338 e. The Morgan fingerprint density at radius 2 is 1.88 bits per heavy atom. The quantitative estimate of drug-likeness (QED) is 0.796. The minimum atomic E-state index is -0.613. The summed E-state index contributed by atoms with van der Waals surface area (Å²) in [5, 5.41) is 5.94. The van der Waals surface area contributed by atoms with E-state index in [9.17, 15) is 9.59 Å². The van der Waals surface area contributed by atoms with Crippen molar-refractivity contribution in [1.82, 2.24) is 10.6 Å². The Labute approximate surface area is 152 Å². The van der Waals surface area contributed by atoms with Crippen molar-refractivity contribution in [2.75, 3.05) is 0 Å². The van der Waals surface area contributed by atoms with Crippen LogP contribution in [0.5, 0.6) is 0 Å². The molecule has 0 unspecified atom stereocenters. The van der Waals surface area contributed by atoms with E-state index >= 15 is 0 Å². The fourth-order valence-electron chi connectivity index (χ4n) is 3.47. The Balaban J connectivity index is 1.85. The highest BCUT2D eigenvalue weighted by Gasteiger charge is 2.34. The van der Waals surface area contributed by atoms with Crippen LogP contribution in [0.2, 0.25) is 5.02 Å². The van der Waals surface area contributed by atoms with Gasteiger partial charge in [-0.15, -0.1) is 0 Å². The summed E-state index contributed by atoms with van der Waals surface area (Å²) < 4.78 is 5.75. The minimum Gasteiger partial charge on any atom is -0.459 e. The second kappa shape index (κ2) is 7.48. The van der Waals surface area contributed by atoms with Gasteiger partial charge in [0.2, 0.25) is 0 Å². The normalized spacial score (nSPS) is 26.7. The van der Waals surface area contributed by atoms with Crippen LogP contribution < -0.4 is 10.6 Å². The monoisotopic (exact) mass is 362 g/mol. The number of carbonyl (C=O) groups is 2. The number of allylic oxidation sites excluding steroid dienone is 1.